The number of rotatable bonds is 6. The number of aromatic nitrogens is 1. The maximum Gasteiger partial charge on any atom is 0.123 e. The van der Waals surface area contributed by atoms with E-state index < -0.39 is 0 Å². The van der Waals surface area contributed by atoms with Crippen molar-refractivity contribution in [1.29, 1.82) is 0 Å². The van der Waals surface area contributed by atoms with Crippen LogP contribution in [0.5, 0.6) is 0 Å². The van der Waals surface area contributed by atoms with Crippen molar-refractivity contribution in [2.45, 2.75) is 50.9 Å². The molecule has 1 nitrogen and oxygen atoms in total. The standard InChI is InChI=1S/C22H26FN/c1-3-19(18-11-12-18)20(16(2)23)13-14-22-21(10-7-15-24-22)17-8-5-4-6-9-17/h3,7,10,13-15,17-18H,1-2,4-6,8-9,11-12H2/b14-13-,20-19+. The van der Waals surface area contributed by atoms with Crippen LogP contribution in [0, 0.1) is 5.92 Å². The van der Waals surface area contributed by atoms with Crippen LogP contribution in [-0.2, 0) is 0 Å². The van der Waals surface area contributed by atoms with Crippen molar-refractivity contribution in [2.24, 2.45) is 5.92 Å². The Morgan fingerprint density at radius 1 is 1.17 bits per heavy atom. The number of nitrogens with zero attached hydrogens (tertiary/aromatic N) is 1. The summed E-state index contributed by atoms with van der Waals surface area (Å²) in [6.07, 6.45) is 16.0. The van der Waals surface area contributed by atoms with Gasteiger partial charge in [0.05, 0.1) is 5.69 Å². The Balaban J connectivity index is 1.90. The minimum Gasteiger partial charge on any atom is -0.257 e. The van der Waals surface area contributed by atoms with Crippen LogP contribution in [0.25, 0.3) is 6.08 Å². The molecule has 126 valence electrons. The molecule has 0 atom stereocenters. The van der Waals surface area contributed by atoms with Crippen LogP contribution in [0.1, 0.15) is 62.1 Å². The molecule has 2 saturated carbocycles. The molecule has 24 heavy (non-hydrogen) atoms. The number of hydrogen-bond acceptors (Lipinski definition) is 1. The minimum atomic E-state index is -0.386. The molecule has 0 saturated heterocycles. The van der Waals surface area contributed by atoms with E-state index in [2.05, 4.69) is 24.2 Å². The monoisotopic (exact) mass is 323 g/mol. The van der Waals surface area contributed by atoms with Crippen molar-refractivity contribution in [2.75, 3.05) is 0 Å². The van der Waals surface area contributed by atoms with Crippen molar-refractivity contribution in [3.63, 3.8) is 0 Å². The van der Waals surface area contributed by atoms with Gasteiger partial charge in [-0.05, 0) is 66.9 Å². The van der Waals surface area contributed by atoms with E-state index in [1.165, 1.54) is 37.7 Å². The molecule has 0 amide bonds. The molecule has 0 aromatic carbocycles. The van der Waals surface area contributed by atoms with E-state index in [0.29, 0.717) is 17.4 Å². The average Bonchev–Trinajstić information content (AvgIpc) is 3.44. The first-order chi connectivity index (χ1) is 11.7. The predicted molar refractivity (Wildman–Crippen MR) is 99.3 cm³/mol. The highest BCUT2D eigenvalue weighted by atomic mass is 19.1. The lowest BCUT2D eigenvalue weighted by Gasteiger charge is -2.23. The van der Waals surface area contributed by atoms with E-state index in [1.807, 2.05) is 24.4 Å². The van der Waals surface area contributed by atoms with E-state index in [0.717, 1.165) is 24.1 Å². The summed E-state index contributed by atoms with van der Waals surface area (Å²) in [6, 6.07) is 4.18. The second kappa shape index (κ2) is 7.74. The number of allylic oxidation sites excluding steroid dienone is 5. The molecule has 0 spiro atoms. The Hall–Kier alpha value is -1.96. The number of hydrogen-bond donors (Lipinski definition) is 0. The molecule has 0 bridgehead atoms. The molecular formula is C22H26FN. The zero-order chi connectivity index (χ0) is 16.9. The van der Waals surface area contributed by atoms with Crippen LogP contribution in [-0.4, -0.2) is 4.98 Å². The van der Waals surface area contributed by atoms with Gasteiger partial charge in [0.1, 0.15) is 5.83 Å². The first-order valence-corrected chi connectivity index (χ1v) is 9.05. The van der Waals surface area contributed by atoms with Gasteiger partial charge in [-0.3, -0.25) is 4.98 Å². The first kappa shape index (κ1) is 16.9. The lowest BCUT2D eigenvalue weighted by atomic mass is 9.83. The van der Waals surface area contributed by atoms with Gasteiger partial charge in [0.15, 0.2) is 0 Å². The number of pyridine rings is 1. The quantitative estimate of drug-likeness (QED) is 0.543. The molecule has 3 rings (SSSR count). The highest BCUT2D eigenvalue weighted by molar-refractivity contribution is 5.58. The normalized spacial score (nSPS) is 20.0. The molecule has 1 aromatic heterocycles. The van der Waals surface area contributed by atoms with Crippen LogP contribution in [0.15, 0.2) is 60.6 Å². The van der Waals surface area contributed by atoms with Gasteiger partial charge in [-0.25, -0.2) is 4.39 Å². The second-order valence-electron chi connectivity index (χ2n) is 6.90. The zero-order valence-corrected chi connectivity index (χ0v) is 14.3. The van der Waals surface area contributed by atoms with Gasteiger partial charge in [-0.2, -0.15) is 0 Å². The van der Waals surface area contributed by atoms with Gasteiger partial charge in [-0.1, -0.05) is 44.6 Å². The molecule has 0 aliphatic heterocycles. The van der Waals surface area contributed by atoms with E-state index in [-0.39, 0.29) is 5.83 Å². The second-order valence-corrected chi connectivity index (χ2v) is 6.90. The highest BCUT2D eigenvalue weighted by Gasteiger charge is 2.27. The molecule has 2 heteroatoms. The lowest BCUT2D eigenvalue weighted by Crippen LogP contribution is -2.06. The predicted octanol–water partition coefficient (Wildman–Crippen LogP) is 6.52. The van der Waals surface area contributed by atoms with Crippen molar-refractivity contribution < 1.29 is 4.39 Å². The van der Waals surface area contributed by atoms with E-state index in [1.54, 1.807) is 6.08 Å². The summed E-state index contributed by atoms with van der Waals surface area (Å²) in [5.74, 6) is 0.634. The highest BCUT2D eigenvalue weighted by Crippen LogP contribution is 2.40. The summed E-state index contributed by atoms with van der Waals surface area (Å²) >= 11 is 0. The van der Waals surface area contributed by atoms with Gasteiger partial charge in [-0.15, -0.1) is 0 Å². The third-order valence-electron chi connectivity index (χ3n) is 5.16. The fraction of sp³-hybridized carbons (Fsp3) is 0.409. The van der Waals surface area contributed by atoms with Gasteiger partial charge < -0.3 is 0 Å². The van der Waals surface area contributed by atoms with Crippen molar-refractivity contribution in [1.82, 2.24) is 4.98 Å². The third-order valence-corrected chi connectivity index (χ3v) is 5.16. The Morgan fingerprint density at radius 3 is 2.54 bits per heavy atom. The maximum absolute atomic E-state index is 14.0. The molecule has 2 aliphatic rings. The summed E-state index contributed by atoms with van der Waals surface area (Å²) in [4.78, 5) is 4.54. The summed E-state index contributed by atoms with van der Waals surface area (Å²) in [6.45, 7) is 7.37. The summed E-state index contributed by atoms with van der Waals surface area (Å²) < 4.78 is 14.0. The van der Waals surface area contributed by atoms with Crippen LogP contribution in [0.3, 0.4) is 0 Å². The van der Waals surface area contributed by atoms with Crippen LogP contribution >= 0.6 is 0 Å². The topological polar surface area (TPSA) is 12.9 Å². The smallest absolute Gasteiger partial charge is 0.123 e. The third kappa shape index (κ3) is 3.92. The Morgan fingerprint density at radius 2 is 1.92 bits per heavy atom. The SMILES string of the molecule is C=C/C(=C(/C=C\c1ncccc1C1CCCCC1)C(=C)F)C1CC1. The minimum absolute atomic E-state index is 0.386. The van der Waals surface area contributed by atoms with Gasteiger partial charge >= 0.3 is 0 Å². The Bertz CT molecular complexity index is 673. The molecular weight excluding hydrogens is 297 g/mol. The molecule has 0 radical (unpaired) electrons. The van der Waals surface area contributed by atoms with Crippen LogP contribution < -0.4 is 0 Å². The molecule has 2 fully saturated rings. The zero-order valence-electron chi connectivity index (χ0n) is 14.3. The van der Waals surface area contributed by atoms with Crippen molar-refractivity contribution in [3.05, 3.63) is 71.9 Å². The van der Waals surface area contributed by atoms with E-state index >= 15 is 0 Å². The molecule has 1 aromatic rings. The summed E-state index contributed by atoms with van der Waals surface area (Å²) in [5, 5.41) is 0. The van der Waals surface area contributed by atoms with Gasteiger partial charge in [0, 0.05) is 11.8 Å². The van der Waals surface area contributed by atoms with Gasteiger partial charge in [0.25, 0.3) is 0 Å². The van der Waals surface area contributed by atoms with Crippen LogP contribution in [0.4, 0.5) is 4.39 Å². The first-order valence-electron chi connectivity index (χ1n) is 9.05. The molecule has 0 N–H and O–H groups in total. The van der Waals surface area contributed by atoms with Crippen molar-refractivity contribution >= 4 is 6.08 Å². The van der Waals surface area contributed by atoms with E-state index in [4.69, 9.17) is 0 Å². The molecule has 2 aliphatic carbocycles. The summed E-state index contributed by atoms with van der Waals surface area (Å²) in [5.41, 5.74) is 3.81. The summed E-state index contributed by atoms with van der Waals surface area (Å²) in [7, 11) is 0. The Labute approximate surface area is 144 Å². The average molecular weight is 323 g/mol. The van der Waals surface area contributed by atoms with Gasteiger partial charge in [0.2, 0.25) is 0 Å². The number of halogens is 1. The van der Waals surface area contributed by atoms with E-state index in [9.17, 15) is 4.39 Å². The molecule has 0 unspecified atom stereocenters. The largest absolute Gasteiger partial charge is 0.257 e. The lowest BCUT2D eigenvalue weighted by molar-refractivity contribution is 0.442. The van der Waals surface area contributed by atoms with Crippen LogP contribution in [0.2, 0.25) is 0 Å². The molecule has 1 heterocycles. The maximum atomic E-state index is 14.0. The fourth-order valence-electron chi connectivity index (χ4n) is 3.72. The van der Waals surface area contributed by atoms with Crippen molar-refractivity contribution in [3.8, 4) is 0 Å². The fourth-order valence-corrected chi connectivity index (χ4v) is 3.72. The Kier molecular flexibility index (Phi) is 5.44.